The highest BCUT2D eigenvalue weighted by Crippen LogP contribution is 2.26. The smallest absolute Gasteiger partial charge is 0.0605 e. The second-order valence-electron chi connectivity index (χ2n) is 5.08. The van der Waals surface area contributed by atoms with E-state index >= 15 is 0 Å². The zero-order chi connectivity index (χ0) is 13.0. The fourth-order valence-corrected chi connectivity index (χ4v) is 2.69. The second kappa shape index (κ2) is 6.21. The monoisotopic (exact) mass is 248 g/mol. The first-order valence-electron chi connectivity index (χ1n) is 6.76. The van der Waals surface area contributed by atoms with Gasteiger partial charge >= 0.3 is 0 Å². The molecule has 0 saturated carbocycles. The minimum atomic E-state index is 0.444. The summed E-state index contributed by atoms with van der Waals surface area (Å²) in [5, 5.41) is 3.26. The van der Waals surface area contributed by atoms with Crippen LogP contribution in [0.25, 0.3) is 0 Å². The second-order valence-corrected chi connectivity index (χ2v) is 5.08. The van der Waals surface area contributed by atoms with Crippen LogP contribution in [0.2, 0.25) is 0 Å². The van der Waals surface area contributed by atoms with Crippen molar-refractivity contribution in [2.75, 3.05) is 32.1 Å². The predicted octanol–water partition coefficient (Wildman–Crippen LogP) is 2.33. The lowest BCUT2D eigenvalue weighted by Gasteiger charge is -2.34. The highest BCUT2D eigenvalue weighted by atomic mass is 16.5. The molecule has 0 atom stereocenters. The molecule has 1 aliphatic heterocycles. The first kappa shape index (κ1) is 13.4. The lowest BCUT2D eigenvalue weighted by molar-refractivity contribution is 0.0819. The van der Waals surface area contributed by atoms with E-state index in [9.17, 15) is 0 Å². The fraction of sp³-hybridized carbons (Fsp3) is 0.600. The van der Waals surface area contributed by atoms with Crippen molar-refractivity contribution >= 4 is 5.69 Å². The average molecular weight is 248 g/mol. The molecule has 0 radical (unpaired) electrons. The molecule has 0 aromatic heterocycles. The van der Waals surface area contributed by atoms with Crippen molar-refractivity contribution in [2.45, 2.75) is 32.4 Å². The lowest BCUT2D eigenvalue weighted by atomic mass is 10.0. The van der Waals surface area contributed by atoms with Crippen LogP contribution in [0.15, 0.2) is 18.2 Å². The van der Waals surface area contributed by atoms with Gasteiger partial charge in [-0.25, -0.2) is 0 Å². The Morgan fingerprint density at radius 3 is 2.67 bits per heavy atom. The van der Waals surface area contributed by atoms with Crippen molar-refractivity contribution in [3.63, 3.8) is 0 Å². The number of hydrogen-bond acceptors (Lipinski definition) is 3. The largest absolute Gasteiger partial charge is 0.381 e. The maximum atomic E-state index is 5.43. The van der Waals surface area contributed by atoms with Crippen LogP contribution in [0.1, 0.15) is 24.0 Å². The predicted molar refractivity (Wildman–Crippen MR) is 76.2 cm³/mol. The fourth-order valence-electron chi connectivity index (χ4n) is 2.69. The number of benzene rings is 1. The number of nitrogens with zero attached hydrogens (tertiary/aromatic N) is 1. The Kier molecular flexibility index (Phi) is 4.61. The van der Waals surface area contributed by atoms with E-state index in [0.717, 1.165) is 32.5 Å². The molecule has 18 heavy (non-hydrogen) atoms. The zero-order valence-corrected chi connectivity index (χ0v) is 11.7. The molecular formula is C15H24N2O. The molecule has 0 spiro atoms. The van der Waals surface area contributed by atoms with Crippen LogP contribution in [-0.4, -0.2) is 33.4 Å². The Hall–Kier alpha value is -1.06. The highest BCUT2D eigenvalue weighted by molar-refractivity contribution is 5.55. The van der Waals surface area contributed by atoms with Gasteiger partial charge in [-0.15, -0.1) is 0 Å². The molecule has 0 unspecified atom stereocenters. The highest BCUT2D eigenvalue weighted by Gasteiger charge is 2.20. The molecule has 100 valence electrons. The van der Waals surface area contributed by atoms with Gasteiger partial charge in [-0.05, 0) is 38.4 Å². The number of anilines is 1. The molecular weight excluding hydrogens is 224 g/mol. The molecule has 0 aliphatic carbocycles. The molecule has 0 amide bonds. The third-order valence-electron chi connectivity index (χ3n) is 3.72. The van der Waals surface area contributed by atoms with Crippen LogP contribution in [0.3, 0.4) is 0 Å². The average Bonchev–Trinajstić information content (AvgIpc) is 2.40. The Balaban J connectivity index is 2.13. The van der Waals surface area contributed by atoms with E-state index in [1.165, 1.54) is 16.8 Å². The summed E-state index contributed by atoms with van der Waals surface area (Å²) in [6, 6.07) is 6.75. The van der Waals surface area contributed by atoms with E-state index < -0.39 is 0 Å². The summed E-state index contributed by atoms with van der Waals surface area (Å²) >= 11 is 0. The summed E-state index contributed by atoms with van der Waals surface area (Å²) in [5.41, 5.74) is 4.11. The number of hydrogen-bond donors (Lipinski definition) is 1. The molecule has 1 aromatic rings. The van der Waals surface area contributed by atoms with Gasteiger partial charge in [-0.2, -0.15) is 0 Å². The van der Waals surface area contributed by atoms with Crippen molar-refractivity contribution in [3.8, 4) is 0 Å². The summed E-state index contributed by atoms with van der Waals surface area (Å²) in [6.45, 7) is 5.28. The molecule has 1 aromatic carbocycles. The quantitative estimate of drug-likeness (QED) is 0.885. The van der Waals surface area contributed by atoms with E-state index in [0.29, 0.717) is 6.10 Å². The van der Waals surface area contributed by atoms with Crippen LogP contribution in [0.5, 0.6) is 0 Å². The van der Waals surface area contributed by atoms with Gasteiger partial charge in [0, 0.05) is 32.4 Å². The summed E-state index contributed by atoms with van der Waals surface area (Å²) in [7, 11) is 3.82. The first-order valence-corrected chi connectivity index (χ1v) is 6.76. The van der Waals surface area contributed by atoms with E-state index in [1.54, 1.807) is 0 Å². The van der Waals surface area contributed by atoms with Crippen molar-refractivity contribution in [3.05, 3.63) is 29.3 Å². The van der Waals surface area contributed by atoms with Crippen molar-refractivity contribution in [1.82, 2.24) is 5.32 Å². The molecule has 1 saturated heterocycles. The van der Waals surface area contributed by atoms with Crippen LogP contribution >= 0.6 is 0 Å². The van der Waals surface area contributed by atoms with Gasteiger partial charge < -0.3 is 15.0 Å². The Morgan fingerprint density at radius 2 is 2.06 bits per heavy atom. The van der Waals surface area contributed by atoms with Gasteiger partial charge in [-0.3, -0.25) is 0 Å². The minimum absolute atomic E-state index is 0.444. The number of ether oxygens (including phenoxy) is 1. The summed E-state index contributed by atoms with van der Waals surface area (Å²) in [4.78, 5) is 2.49. The summed E-state index contributed by atoms with van der Waals surface area (Å²) in [5.74, 6) is 0. The van der Waals surface area contributed by atoms with Crippen LogP contribution in [0.4, 0.5) is 5.69 Å². The molecule has 1 heterocycles. The molecule has 1 aliphatic rings. The maximum absolute atomic E-state index is 5.43. The third kappa shape index (κ3) is 3.03. The molecule has 1 fully saturated rings. The Morgan fingerprint density at radius 1 is 1.33 bits per heavy atom. The minimum Gasteiger partial charge on any atom is -0.381 e. The first-order chi connectivity index (χ1) is 8.74. The Bertz CT molecular complexity index is 384. The van der Waals surface area contributed by atoms with E-state index in [2.05, 4.69) is 35.3 Å². The molecule has 3 nitrogen and oxygen atoms in total. The van der Waals surface area contributed by atoms with E-state index in [-0.39, 0.29) is 0 Å². The molecule has 0 bridgehead atoms. The van der Waals surface area contributed by atoms with E-state index in [1.807, 2.05) is 14.2 Å². The van der Waals surface area contributed by atoms with Gasteiger partial charge in [0.25, 0.3) is 0 Å². The SMILES string of the molecule is CNCc1cc(C)ccc1N1CCC(OC)CC1. The number of methoxy groups -OCH3 is 1. The standard InChI is InChI=1S/C15H24N2O/c1-12-4-5-15(13(10-12)11-16-2)17-8-6-14(18-3)7-9-17/h4-5,10,14,16H,6-9,11H2,1-3H3. The number of piperidine rings is 1. The number of rotatable bonds is 4. The van der Waals surface area contributed by atoms with Crippen molar-refractivity contribution in [1.29, 1.82) is 0 Å². The van der Waals surface area contributed by atoms with Gasteiger partial charge in [0.15, 0.2) is 0 Å². The van der Waals surface area contributed by atoms with Crippen LogP contribution in [0, 0.1) is 6.92 Å². The number of nitrogens with one attached hydrogen (secondary N) is 1. The molecule has 3 heteroatoms. The lowest BCUT2D eigenvalue weighted by Crippen LogP contribution is -2.37. The topological polar surface area (TPSA) is 24.5 Å². The number of aryl methyl sites for hydroxylation is 1. The van der Waals surface area contributed by atoms with Crippen molar-refractivity contribution in [2.24, 2.45) is 0 Å². The zero-order valence-electron chi connectivity index (χ0n) is 11.7. The maximum Gasteiger partial charge on any atom is 0.0605 e. The van der Waals surface area contributed by atoms with Gasteiger partial charge in [0.1, 0.15) is 0 Å². The summed E-state index contributed by atoms with van der Waals surface area (Å²) in [6.07, 6.45) is 2.70. The van der Waals surface area contributed by atoms with Gasteiger partial charge in [0.05, 0.1) is 6.10 Å². The van der Waals surface area contributed by atoms with Crippen LogP contribution in [-0.2, 0) is 11.3 Å². The van der Waals surface area contributed by atoms with Gasteiger partial charge in [-0.1, -0.05) is 17.7 Å². The normalized spacial score (nSPS) is 17.2. The summed E-state index contributed by atoms with van der Waals surface area (Å²) < 4.78 is 5.43. The molecule has 2 rings (SSSR count). The van der Waals surface area contributed by atoms with E-state index in [4.69, 9.17) is 4.74 Å². The molecule has 1 N–H and O–H groups in total. The Labute approximate surface area is 110 Å². The van der Waals surface area contributed by atoms with Crippen molar-refractivity contribution < 1.29 is 4.74 Å². The van der Waals surface area contributed by atoms with Gasteiger partial charge in [0.2, 0.25) is 0 Å². The van der Waals surface area contributed by atoms with Crippen LogP contribution < -0.4 is 10.2 Å². The third-order valence-corrected chi connectivity index (χ3v) is 3.72.